The molecule has 1 aliphatic rings. The van der Waals surface area contributed by atoms with Crippen molar-refractivity contribution in [3.8, 4) is 11.4 Å². The SMILES string of the molecule is CS(O)([OH2+])c1ccc(N2CCc3nc(-c4ccccn4)ccc3C2)cc1. The molecule has 1 aliphatic heterocycles. The summed E-state index contributed by atoms with van der Waals surface area (Å²) < 4.78 is 17.7. The van der Waals surface area contributed by atoms with Gasteiger partial charge in [-0.1, -0.05) is 22.7 Å². The second-order valence-corrected chi connectivity index (χ2v) is 8.78. The summed E-state index contributed by atoms with van der Waals surface area (Å²) in [6.45, 7) is 1.71. The van der Waals surface area contributed by atoms with Gasteiger partial charge in [-0.15, -0.1) is 0 Å². The summed E-state index contributed by atoms with van der Waals surface area (Å²) in [4.78, 5) is 12.2. The summed E-state index contributed by atoms with van der Waals surface area (Å²) in [7, 11) is -2.41. The average Bonchev–Trinajstić information content (AvgIpc) is 2.67. The normalized spacial score (nSPS) is 17.3. The first-order valence-corrected chi connectivity index (χ1v) is 10.5. The predicted molar refractivity (Wildman–Crippen MR) is 107 cm³/mol. The Morgan fingerprint density at radius 2 is 1.85 bits per heavy atom. The Morgan fingerprint density at radius 1 is 1.04 bits per heavy atom. The summed E-state index contributed by atoms with van der Waals surface area (Å²) in [6, 6.07) is 17.7. The largest absolute Gasteiger partial charge is 0.367 e. The van der Waals surface area contributed by atoms with Crippen LogP contribution in [0.4, 0.5) is 5.69 Å². The first-order valence-electron chi connectivity index (χ1n) is 8.51. The number of fused-ring (bicyclic) bond motifs is 1. The van der Waals surface area contributed by atoms with Crippen molar-refractivity contribution >= 4 is 16.3 Å². The highest BCUT2D eigenvalue weighted by Crippen LogP contribution is 2.44. The van der Waals surface area contributed by atoms with Gasteiger partial charge in [-0.05, 0) is 48.0 Å². The molecule has 1 aromatic carbocycles. The van der Waals surface area contributed by atoms with Crippen molar-refractivity contribution in [2.75, 3.05) is 17.7 Å². The second kappa shape index (κ2) is 6.72. The van der Waals surface area contributed by atoms with Gasteiger partial charge >= 0.3 is 0 Å². The van der Waals surface area contributed by atoms with Gasteiger partial charge in [0.2, 0.25) is 0 Å². The van der Waals surface area contributed by atoms with E-state index in [-0.39, 0.29) is 0 Å². The number of hydrogen-bond donors (Lipinski definition) is 1. The Hall–Kier alpha value is -2.41. The molecular weight excluding hydrogens is 346 g/mol. The molecule has 1 atom stereocenters. The van der Waals surface area contributed by atoms with E-state index in [0.717, 1.165) is 42.3 Å². The van der Waals surface area contributed by atoms with Crippen LogP contribution in [0.5, 0.6) is 0 Å². The molecular formula is C20H22N3O2S+. The lowest BCUT2D eigenvalue weighted by Crippen LogP contribution is -2.31. The molecule has 2 aromatic heterocycles. The van der Waals surface area contributed by atoms with Gasteiger partial charge in [0.25, 0.3) is 0 Å². The van der Waals surface area contributed by atoms with E-state index < -0.39 is 10.6 Å². The number of benzene rings is 1. The molecule has 0 bridgehead atoms. The molecule has 26 heavy (non-hydrogen) atoms. The van der Waals surface area contributed by atoms with Gasteiger partial charge in [-0.2, -0.15) is 0 Å². The van der Waals surface area contributed by atoms with Crippen molar-refractivity contribution in [1.29, 1.82) is 0 Å². The molecule has 0 saturated heterocycles. The highest BCUT2D eigenvalue weighted by molar-refractivity contribution is 8.23. The number of rotatable bonds is 3. The minimum atomic E-state index is -2.41. The van der Waals surface area contributed by atoms with Crippen molar-refractivity contribution in [3.63, 3.8) is 0 Å². The Labute approximate surface area is 154 Å². The van der Waals surface area contributed by atoms with E-state index in [2.05, 4.69) is 16.0 Å². The summed E-state index contributed by atoms with van der Waals surface area (Å²) in [5, 5.41) is 0. The van der Waals surface area contributed by atoms with E-state index in [4.69, 9.17) is 9.54 Å². The molecule has 3 N–H and O–H groups in total. The van der Waals surface area contributed by atoms with Crippen molar-refractivity contribution in [2.45, 2.75) is 17.9 Å². The smallest absolute Gasteiger partial charge is 0.100 e. The van der Waals surface area contributed by atoms with Gasteiger partial charge in [0.05, 0.1) is 17.6 Å². The molecule has 3 aromatic rings. The summed E-state index contributed by atoms with van der Waals surface area (Å²) in [6.07, 6.45) is 4.24. The molecule has 0 radical (unpaired) electrons. The van der Waals surface area contributed by atoms with E-state index in [9.17, 15) is 4.55 Å². The summed E-state index contributed by atoms with van der Waals surface area (Å²) in [5.41, 5.74) is 5.30. The zero-order valence-corrected chi connectivity index (χ0v) is 15.4. The lowest BCUT2D eigenvalue weighted by molar-refractivity contribution is 0.495. The quantitative estimate of drug-likeness (QED) is 0.717. The molecule has 0 saturated carbocycles. The third-order valence-electron chi connectivity index (χ3n) is 4.64. The van der Waals surface area contributed by atoms with E-state index in [1.54, 1.807) is 12.5 Å². The van der Waals surface area contributed by atoms with Crippen LogP contribution in [0.3, 0.4) is 0 Å². The maximum absolute atomic E-state index is 9.86. The van der Waals surface area contributed by atoms with Crippen LogP contribution >= 0.6 is 10.6 Å². The van der Waals surface area contributed by atoms with Crippen molar-refractivity contribution < 1.29 is 9.11 Å². The summed E-state index contributed by atoms with van der Waals surface area (Å²) >= 11 is 0. The van der Waals surface area contributed by atoms with Crippen molar-refractivity contribution in [1.82, 2.24) is 9.97 Å². The standard InChI is InChI=1S/C20H21N3O2S/c1-26(24,25)17-8-6-16(7-9-17)23-13-11-18-15(14-23)5-10-20(22-18)19-4-2-3-12-21-19/h2-10,12,24-25H,11,13-14H2,1H3/p+1. The first-order chi connectivity index (χ1) is 12.5. The average molecular weight is 368 g/mol. The van der Waals surface area contributed by atoms with Crippen LogP contribution in [0.2, 0.25) is 0 Å². The Balaban J connectivity index is 1.55. The van der Waals surface area contributed by atoms with Crippen LogP contribution in [-0.2, 0) is 13.0 Å². The molecule has 0 fully saturated rings. The molecule has 1 unspecified atom stereocenters. The van der Waals surface area contributed by atoms with Gasteiger partial charge in [0, 0.05) is 37.1 Å². The fraction of sp³-hybridized carbons (Fsp3) is 0.200. The Bertz CT molecular complexity index is 909. The Kier molecular flexibility index (Phi) is 4.40. The van der Waals surface area contributed by atoms with Gasteiger partial charge in [-0.25, -0.2) is 0 Å². The van der Waals surface area contributed by atoms with Crippen molar-refractivity contribution in [2.24, 2.45) is 0 Å². The van der Waals surface area contributed by atoms with Crippen LogP contribution in [0.25, 0.3) is 11.4 Å². The molecule has 4 rings (SSSR count). The van der Waals surface area contributed by atoms with E-state index >= 15 is 0 Å². The van der Waals surface area contributed by atoms with Crippen LogP contribution in [0.1, 0.15) is 11.3 Å². The summed E-state index contributed by atoms with van der Waals surface area (Å²) in [5.74, 6) is 0. The van der Waals surface area contributed by atoms with Crippen LogP contribution < -0.4 is 4.90 Å². The molecule has 5 nitrogen and oxygen atoms in total. The molecule has 0 spiro atoms. The molecule has 0 amide bonds. The first kappa shape index (κ1) is 17.0. The number of hydrogen-bond acceptors (Lipinski definition) is 4. The van der Waals surface area contributed by atoms with E-state index in [1.807, 2.05) is 48.5 Å². The predicted octanol–water partition coefficient (Wildman–Crippen LogP) is 3.61. The van der Waals surface area contributed by atoms with Gasteiger partial charge in [0.1, 0.15) is 4.90 Å². The lowest BCUT2D eigenvalue weighted by Gasteiger charge is -2.31. The van der Waals surface area contributed by atoms with E-state index in [1.165, 1.54) is 5.56 Å². The van der Waals surface area contributed by atoms with Crippen molar-refractivity contribution in [3.05, 3.63) is 72.1 Å². The zero-order valence-electron chi connectivity index (χ0n) is 14.6. The number of aromatic nitrogens is 2. The number of pyridine rings is 2. The van der Waals surface area contributed by atoms with Crippen LogP contribution in [-0.4, -0.2) is 31.9 Å². The number of nitrogens with zero attached hydrogens (tertiary/aromatic N) is 3. The minimum Gasteiger partial charge on any atom is -0.367 e. The van der Waals surface area contributed by atoms with Gasteiger partial charge in [-0.3, -0.25) is 14.5 Å². The molecule has 0 aliphatic carbocycles. The fourth-order valence-electron chi connectivity index (χ4n) is 3.22. The lowest BCUT2D eigenvalue weighted by atomic mass is 10.0. The highest BCUT2D eigenvalue weighted by Gasteiger charge is 2.19. The van der Waals surface area contributed by atoms with Gasteiger partial charge < -0.3 is 9.45 Å². The maximum atomic E-state index is 9.86. The Morgan fingerprint density at radius 3 is 2.54 bits per heavy atom. The zero-order chi connectivity index (χ0) is 18.1. The van der Waals surface area contributed by atoms with E-state index in [0.29, 0.717) is 4.90 Å². The fourth-order valence-corrected chi connectivity index (χ4v) is 3.88. The molecule has 3 heterocycles. The minimum absolute atomic E-state index is 0.681. The maximum Gasteiger partial charge on any atom is 0.100 e. The topological polar surface area (TPSA) is 72.2 Å². The van der Waals surface area contributed by atoms with Gasteiger partial charge in [0.15, 0.2) is 0 Å². The van der Waals surface area contributed by atoms with Crippen LogP contribution in [0.15, 0.2) is 65.7 Å². The van der Waals surface area contributed by atoms with Crippen LogP contribution in [0, 0.1) is 0 Å². The highest BCUT2D eigenvalue weighted by atomic mass is 32.3. The molecule has 134 valence electrons. The number of anilines is 1. The third kappa shape index (κ3) is 3.44. The third-order valence-corrected chi connectivity index (χ3v) is 5.83. The second-order valence-electron chi connectivity index (χ2n) is 6.56. The monoisotopic (exact) mass is 368 g/mol. The molecule has 6 heteroatoms.